The number of nitrogens with zero attached hydrogens (tertiary/aromatic N) is 2. The third-order valence-corrected chi connectivity index (χ3v) is 3.50. The second-order valence-electron chi connectivity index (χ2n) is 5.13. The molecule has 1 aromatic rings. The summed E-state index contributed by atoms with van der Waals surface area (Å²) in [6.45, 7) is 5.94. The molecule has 1 aliphatic heterocycles. The van der Waals surface area contributed by atoms with Gasteiger partial charge >= 0.3 is 0 Å². The van der Waals surface area contributed by atoms with Gasteiger partial charge in [-0.1, -0.05) is 13.3 Å². The Morgan fingerprint density at radius 3 is 2.78 bits per heavy atom. The largest absolute Gasteiger partial charge is 0.383 e. The van der Waals surface area contributed by atoms with Gasteiger partial charge in [0.15, 0.2) is 0 Å². The van der Waals surface area contributed by atoms with Gasteiger partial charge in [-0.2, -0.15) is 0 Å². The average Bonchev–Trinajstić information content (AvgIpc) is 2.34. The minimum absolute atomic E-state index is 0.0432. The Balaban J connectivity index is 2.19. The third kappa shape index (κ3) is 2.90. The molecule has 1 fully saturated rings. The number of hydrogen-bond donors (Lipinski definition) is 2. The van der Waals surface area contributed by atoms with Crippen molar-refractivity contribution in [3.05, 3.63) is 11.9 Å². The van der Waals surface area contributed by atoms with Crippen LogP contribution >= 0.6 is 0 Å². The Hall–Kier alpha value is -1.36. The molecule has 1 aromatic heterocycles. The van der Waals surface area contributed by atoms with Crippen LogP contribution in [0.25, 0.3) is 0 Å². The Morgan fingerprint density at radius 1 is 1.39 bits per heavy atom. The lowest BCUT2D eigenvalue weighted by molar-refractivity contribution is 0.0657. The molecule has 0 spiro atoms. The summed E-state index contributed by atoms with van der Waals surface area (Å²) < 4.78 is 5.41. The molecule has 5 nitrogen and oxygen atoms in total. The van der Waals surface area contributed by atoms with Crippen molar-refractivity contribution in [2.45, 2.75) is 45.1 Å². The Kier molecular flexibility index (Phi) is 4.01. The van der Waals surface area contributed by atoms with Crippen LogP contribution in [0.3, 0.4) is 0 Å². The number of nitrogens with one attached hydrogen (secondary N) is 1. The maximum absolute atomic E-state index is 5.94. The second-order valence-corrected chi connectivity index (χ2v) is 5.13. The first-order chi connectivity index (χ1) is 8.64. The summed E-state index contributed by atoms with van der Waals surface area (Å²) >= 11 is 0. The molecule has 5 heteroatoms. The zero-order valence-electron chi connectivity index (χ0n) is 11.2. The van der Waals surface area contributed by atoms with E-state index in [0.29, 0.717) is 5.82 Å². The zero-order chi connectivity index (χ0) is 13.0. The van der Waals surface area contributed by atoms with Gasteiger partial charge in [-0.3, -0.25) is 0 Å². The van der Waals surface area contributed by atoms with E-state index in [9.17, 15) is 0 Å². The smallest absolute Gasteiger partial charge is 0.135 e. The van der Waals surface area contributed by atoms with Crippen LogP contribution in [0.1, 0.15) is 38.7 Å². The number of aromatic nitrogens is 2. The first-order valence-corrected chi connectivity index (χ1v) is 6.60. The molecule has 0 bridgehead atoms. The number of nitrogens with two attached hydrogens (primary N) is 1. The molecule has 0 unspecified atom stereocenters. The van der Waals surface area contributed by atoms with Gasteiger partial charge in [0.05, 0.1) is 0 Å². The number of hydrogen-bond acceptors (Lipinski definition) is 5. The first-order valence-electron chi connectivity index (χ1n) is 6.60. The van der Waals surface area contributed by atoms with Crippen LogP contribution in [0, 0.1) is 0 Å². The molecule has 0 aromatic carbocycles. The molecule has 0 saturated carbocycles. The van der Waals surface area contributed by atoms with Gasteiger partial charge in [-0.25, -0.2) is 9.97 Å². The molecule has 0 radical (unpaired) electrons. The predicted molar refractivity (Wildman–Crippen MR) is 72.5 cm³/mol. The lowest BCUT2D eigenvalue weighted by Gasteiger charge is -2.35. The minimum Gasteiger partial charge on any atom is -0.383 e. The topological polar surface area (TPSA) is 73.1 Å². The first kappa shape index (κ1) is 13.1. The van der Waals surface area contributed by atoms with Crippen LogP contribution in [0.15, 0.2) is 6.33 Å². The van der Waals surface area contributed by atoms with Crippen molar-refractivity contribution < 1.29 is 4.74 Å². The Bertz CT molecular complexity index is 402. The minimum atomic E-state index is 0.0432. The highest BCUT2D eigenvalue weighted by Crippen LogP contribution is 2.28. The fourth-order valence-corrected chi connectivity index (χ4v) is 2.26. The third-order valence-electron chi connectivity index (χ3n) is 3.50. The summed E-state index contributed by atoms with van der Waals surface area (Å²) in [5.41, 5.74) is 7.02. The predicted octanol–water partition coefficient (Wildman–Crippen LogP) is 1.99. The fraction of sp³-hybridized carbons (Fsp3) is 0.692. The summed E-state index contributed by atoms with van der Waals surface area (Å²) in [5, 5.41) is 3.54. The van der Waals surface area contributed by atoms with Crippen molar-refractivity contribution in [1.82, 2.24) is 9.97 Å². The lowest BCUT2D eigenvalue weighted by atomic mass is 9.92. The Labute approximate surface area is 108 Å². The van der Waals surface area contributed by atoms with Crippen molar-refractivity contribution >= 4 is 11.6 Å². The highest BCUT2D eigenvalue weighted by Gasteiger charge is 2.28. The van der Waals surface area contributed by atoms with Crippen molar-refractivity contribution in [2.24, 2.45) is 0 Å². The summed E-state index contributed by atoms with van der Waals surface area (Å²) in [7, 11) is 0. The van der Waals surface area contributed by atoms with E-state index in [1.54, 1.807) is 0 Å². The second kappa shape index (κ2) is 5.52. The van der Waals surface area contributed by atoms with Gasteiger partial charge in [0.1, 0.15) is 18.0 Å². The van der Waals surface area contributed by atoms with E-state index in [1.165, 1.54) is 6.33 Å². The van der Waals surface area contributed by atoms with Crippen LogP contribution in [0.2, 0.25) is 0 Å². The monoisotopic (exact) mass is 250 g/mol. The molecule has 100 valence electrons. The molecule has 2 heterocycles. The normalized spacial score (nSPS) is 18.6. The molecule has 18 heavy (non-hydrogen) atoms. The summed E-state index contributed by atoms with van der Waals surface area (Å²) in [5.74, 6) is 1.47. The molecule has 2 rings (SSSR count). The Morgan fingerprint density at radius 2 is 2.11 bits per heavy atom. The van der Waals surface area contributed by atoms with Crippen molar-refractivity contribution in [1.29, 1.82) is 0 Å². The zero-order valence-corrected chi connectivity index (χ0v) is 11.2. The van der Waals surface area contributed by atoms with E-state index in [-0.39, 0.29) is 5.54 Å². The number of ether oxygens (including phenoxy) is 1. The SMILES string of the molecule is CCCc1c(N)ncnc1NC1(C)CCOCC1. The summed E-state index contributed by atoms with van der Waals surface area (Å²) in [6, 6.07) is 0. The van der Waals surface area contributed by atoms with Gasteiger partial charge in [0.25, 0.3) is 0 Å². The van der Waals surface area contributed by atoms with Crippen LogP contribution in [0.5, 0.6) is 0 Å². The quantitative estimate of drug-likeness (QED) is 0.855. The molecule has 1 aliphatic rings. The molecule has 0 amide bonds. The lowest BCUT2D eigenvalue weighted by Crippen LogP contribution is -2.41. The number of rotatable bonds is 4. The highest BCUT2D eigenvalue weighted by molar-refractivity contribution is 5.56. The number of anilines is 2. The maximum Gasteiger partial charge on any atom is 0.135 e. The van der Waals surface area contributed by atoms with Crippen LogP contribution in [-0.2, 0) is 11.2 Å². The van der Waals surface area contributed by atoms with Crippen molar-refractivity contribution in [3.8, 4) is 0 Å². The van der Waals surface area contributed by atoms with E-state index >= 15 is 0 Å². The molecule has 0 atom stereocenters. The molecule has 3 N–H and O–H groups in total. The molecule has 1 saturated heterocycles. The van der Waals surface area contributed by atoms with Crippen molar-refractivity contribution in [2.75, 3.05) is 24.3 Å². The number of nitrogen functional groups attached to an aromatic ring is 1. The van der Waals surface area contributed by atoms with E-state index in [0.717, 1.165) is 50.3 Å². The summed E-state index contributed by atoms with van der Waals surface area (Å²) in [4.78, 5) is 8.43. The van der Waals surface area contributed by atoms with E-state index in [4.69, 9.17) is 10.5 Å². The van der Waals surface area contributed by atoms with E-state index in [1.807, 2.05) is 0 Å². The van der Waals surface area contributed by atoms with Gasteiger partial charge < -0.3 is 15.8 Å². The summed E-state index contributed by atoms with van der Waals surface area (Å²) in [6.07, 6.45) is 5.44. The molecular formula is C13H22N4O. The van der Waals surface area contributed by atoms with Gasteiger partial charge in [-0.05, 0) is 26.2 Å². The van der Waals surface area contributed by atoms with E-state index in [2.05, 4.69) is 29.1 Å². The molecule has 0 aliphatic carbocycles. The van der Waals surface area contributed by atoms with Gasteiger partial charge in [-0.15, -0.1) is 0 Å². The van der Waals surface area contributed by atoms with Gasteiger partial charge in [0.2, 0.25) is 0 Å². The fourth-order valence-electron chi connectivity index (χ4n) is 2.26. The van der Waals surface area contributed by atoms with Crippen LogP contribution in [0.4, 0.5) is 11.6 Å². The average molecular weight is 250 g/mol. The standard InChI is InChI=1S/C13H22N4O/c1-3-4-10-11(14)15-9-16-12(10)17-13(2)5-7-18-8-6-13/h9H,3-8H2,1-2H3,(H3,14,15,16,17). The van der Waals surface area contributed by atoms with Crippen LogP contribution in [-0.4, -0.2) is 28.7 Å². The van der Waals surface area contributed by atoms with Gasteiger partial charge in [0, 0.05) is 24.3 Å². The molecular weight excluding hydrogens is 228 g/mol. The highest BCUT2D eigenvalue weighted by atomic mass is 16.5. The van der Waals surface area contributed by atoms with E-state index < -0.39 is 0 Å². The van der Waals surface area contributed by atoms with Crippen molar-refractivity contribution in [3.63, 3.8) is 0 Å². The maximum atomic E-state index is 5.94. The van der Waals surface area contributed by atoms with Crippen LogP contribution < -0.4 is 11.1 Å².